The van der Waals surface area contributed by atoms with E-state index in [1.54, 1.807) is 18.3 Å². The highest BCUT2D eigenvalue weighted by molar-refractivity contribution is 5.76. The van der Waals surface area contributed by atoms with Gasteiger partial charge in [-0.25, -0.2) is 4.98 Å². The van der Waals surface area contributed by atoms with Gasteiger partial charge in [0, 0.05) is 11.1 Å². The topological polar surface area (TPSA) is 71.8 Å². The summed E-state index contributed by atoms with van der Waals surface area (Å²) in [5.41, 5.74) is 7.05. The summed E-state index contributed by atoms with van der Waals surface area (Å²) in [6.45, 7) is 0. The highest BCUT2D eigenvalue weighted by Gasteiger charge is 2.00. The molecule has 1 aromatic heterocycles. The molecule has 0 fully saturated rings. The zero-order chi connectivity index (χ0) is 9.97. The lowest BCUT2D eigenvalue weighted by atomic mass is 10.1. The van der Waals surface area contributed by atoms with Crippen LogP contribution in [0.1, 0.15) is 10.4 Å². The molecule has 3 N–H and O–H groups in total. The fourth-order valence-electron chi connectivity index (χ4n) is 1.20. The SMILES string of the molecule is Nc1cnc(-c2ccc(C=O)cc2)[nH]1. The van der Waals surface area contributed by atoms with Crippen LogP contribution in [0, 0.1) is 0 Å². The van der Waals surface area contributed by atoms with Crippen molar-refractivity contribution in [3.63, 3.8) is 0 Å². The Morgan fingerprint density at radius 2 is 2.00 bits per heavy atom. The summed E-state index contributed by atoms with van der Waals surface area (Å²) < 4.78 is 0. The number of anilines is 1. The molecule has 2 rings (SSSR count). The highest BCUT2D eigenvalue weighted by atomic mass is 16.1. The van der Waals surface area contributed by atoms with E-state index in [0.717, 1.165) is 11.8 Å². The van der Waals surface area contributed by atoms with Gasteiger partial charge in [-0.1, -0.05) is 24.3 Å². The summed E-state index contributed by atoms with van der Waals surface area (Å²) in [5, 5.41) is 0. The summed E-state index contributed by atoms with van der Waals surface area (Å²) in [7, 11) is 0. The Labute approximate surface area is 80.8 Å². The van der Waals surface area contributed by atoms with Crippen LogP contribution in [-0.4, -0.2) is 16.3 Å². The maximum atomic E-state index is 10.4. The Morgan fingerprint density at radius 1 is 1.29 bits per heavy atom. The molecule has 1 heterocycles. The first kappa shape index (κ1) is 8.50. The van der Waals surface area contributed by atoms with Crippen molar-refractivity contribution >= 4 is 12.1 Å². The predicted octanol–water partition coefficient (Wildman–Crippen LogP) is 1.47. The molecule has 0 aliphatic heterocycles. The van der Waals surface area contributed by atoms with Crippen LogP contribution in [0.5, 0.6) is 0 Å². The number of aldehydes is 1. The minimum atomic E-state index is 0.527. The van der Waals surface area contributed by atoms with Crippen LogP contribution >= 0.6 is 0 Å². The molecule has 0 saturated carbocycles. The standard InChI is InChI=1S/C10H9N3O/c11-9-5-12-10(13-9)8-3-1-7(6-14)2-4-8/h1-6H,11H2,(H,12,13). The van der Waals surface area contributed by atoms with Crippen LogP contribution in [0.15, 0.2) is 30.5 Å². The molecule has 0 radical (unpaired) electrons. The number of nitrogens with zero attached hydrogens (tertiary/aromatic N) is 1. The van der Waals surface area contributed by atoms with Crippen LogP contribution in [0.25, 0.3) is 11.4 Å². The Hall–Kier alpha value is -2.10. The number of aromatic nitrogens is 2. The van der Waals surface area contributed by atoms with E-state index in [2.05, 4.69) is 9.97 Å². The Balaban J connectivity index is 2.38. The maximum absolute atomic E-state index is 10.4. The van der Waals surface area contributed by atoms with Gasteiger partial charge in [0.05, 0.1) is 6.20 Å². The van der Waals surface area contributed by atoms with Gasteiger partial charge in [-0.3, -0.25) is 4.79 Å². The number of nitrogens with two attached hydrogens (primary N) is 1. The van der Waals surface area contributed by atoms with E-state index >= 15 is 0 Å². The fraction of sp³-hybridized carbons (Fsp3) is 0. The zero-order valence-corrected chi connectivity index (χ0v) is 7.40. The summed E-state index contributed by atoms with van der Waals surface area (Å²) in [6, 6.07) is 7.12. The van der Waals surface area contributed by atoms with Crippen LogP contribution < -0.4 is 5.73 Å². The number of rotatable bonds is 2. The number of nitrogen functional groups attached to an aromatic ring is 1. The van der Waals surface area contributed by atoms with E-state index < -0.39 is 0 Å². The number of hydrogen-bond donors (Lipinski definition) is 2. The van der Waals surface area contributed by atoms with Gasteiger partial charge in [-0.05, 0) is 0 Å². The van der Waals surface area contributed by atoms with E-state index in [0.29, 0.717) is 17.2 Å². The molecule has 4 nitrogen and oxygen atoms in total. The predicted molar refractivity (Wildman–Crippen MR) is 53.8 cm³/mol. The summed E-state index contributed by atoms with van der Waals surface area (Å²) >= 11 is 0. The highest BCUT2D eigenvalue weighted by Crippen LogP contribution is 2.16. The molecule has 0 aliphatic carbocycles. The zero-order valence-electron chi connectivity index (χ0n) is 7.40. The first-order valence-corrected chi connectivity index (χ1v) is 4.15. The van der Waals surface area contributed by atoms with Gasteiger partial charge in [0.25, 0.3) is 0 Å². The average Bonchev–Trinajstić information content (AvgIpc) is 2.65. The van der Waals surface area contributed by atoms with Gasteiger partial charge < -0.3 is 10.7 Å². The minimum absolute atomic E-state index is 0.527. The Morgan fingerprint density at radius 3 is 2.50 bits per heavy atom. The average molecular weight is 187 g/mol. The van der Waals surface area contributed by atoms with Gasteiger partial charge >= 0.3 is 0 Å². The molecule has 0 saturated heterocycles. The largest absolute Gasteiger partial charge is 0.384 e. The van der Waals surface area contributed by atoms with E-state index in [-0.39, 0.29) is 0 Å². The molecule has 0 amide bonds. The number of imidazole rings is 1. The van der Waals surface area contributed by atoms with E-state index in [1.807, 2.05) is 12.1 Å². The van der Waals surface area contributed by atoms with Crippen LogP contribution in [0.3, 0.4) is 0 Å². The number of carbonyl (C=O) groups excluding carboxylic acids is 1. The third-order valence-electron chi connectivity index (χ3n) is 1.92. The van der Waals surface area contributed by atoms with Crippen molar-refractivity contribution in [2.75, 3.05) is 5.73 Å². The minimum Gasteiger partial charge on any atom is -0.384 e. The number of nitrogens with one attached hydrogen (secondary N) is 1. The number of carbonyl (C=O) groups is 1. The van der Waals surface area contributed by atoms with Gasteiger partial charge in [0.2, 0.25) is 0 Å². The first-order chi connectivity index (χ1) is 6.79. The first-order valence-electron chi connectivity index (χ1n) is 4.15. The van der Waals surface area contributed by atoms with Gasteiger partial charge in [0.15, 0.2) is 0 Å². The van der Waals surface area contributed by atoms with Crippen LogP contribution in [0.2, 0.25) is 0 Å². The Bertz CT molecular complexity index is 445. The molecule has 0 aliphatic rings. The van der Waals surface area contributed by atoms with Gasteiger partial charge in [0.1, 0.15) is 17.9 Å². The van der Waals surface area contributed by atoms with E-state index in [9.17, 15) is 4.79 Å². The quantitative estimate of drug-likeness (QED) is 0.699. The molecular weight excluding hydrogens is 178 g/mol. The molecule has 0 bridgehead atoms. The smallest absolute Gasteiger partial charge is 0.150 e. The molecule has 1 aromatic carbocycles. The van der Waals surface area contributed by atoms with Crippen LogP contribution in [0.4, 0.5) is 5.82 Å². The molecule has 0 unspecified atom stereocenters. The molecule has 0 spiro atoms. The van der Waals surface area contributed by atoms with Crippen molar-refractivity contribution in [1.29, 1.82) is 0 Å². The third-order valence-corrected chi connectivity index (χ3v) is 1.92. The third kappa shape index (κ3) is 1.50. The second-order valence-corrected chi connectivity index (χ2v) is 2.93. The second kappa shape index (κ2) is 3.33. The molecule has 0 atom stereocenters. The molecule has 70 valence electrons. The van der Waals surface area contributed by atoms with Crippen molar-refractivity contribution in [3.8, 4) is 11.4 Å². The van der Waals surface area contributed by atoms with E-state index in [4.69, 9.17) is 5.73 Å². The second-order valence-electron chi connectivity index (χ2n) is 2.93. The normalized spacial score (nSPS) is 10.0. The van der Waals surface area contributed by atoms with Crippen molar-refractivity contribution in [3.05, 3.63) is 36.0 Å². The maximum Gasteiger partial charge on any atom is 0.150 e. The van der Waals surface area contributed by atoms with E-state index in [1.165, 1.54) is 0 Å². The number of aromatic amines is 1. The van der Waals surface area contributed by atoms with Gasteiger partial charge in [-0.15, -0.1) is 0 Å². The summed E-state index contributed by atoms with van der Waals surface area (Å²) in [5.74, 6) is 1.24. The Kier molecular flexibility index (Phi) is 2.02. The van der Waals surface area contributed by atoms with Crippen molar-refractivity contribution in [2.45, 2.75) is 0 Å². The molecule has 14 heavy (non-hydrogen) atoms. The lowest BCUT2D eigenvalue weighted by Gasteiger charge is -1.96. The fourth-order valence-corrected chi connectivity index (χ4v) is 1.20. The van der Waals surface area contributed by atoms with Crippen LogP contribution in [-0.2, 0) is 0 Å². The van der Waals surface area contributed by atoms with Crippen molar-refractivity contribution < 1.29 is 4.79 Å². The number of H-pyrrole nitrogens is 1. The van der Waals surface area contributed by atoms with Crippen molar-refractivity contribution in [1.82, 2.24) is 9.97 Å². The monoisotopic (exact) mass is 187 g/mol. The molecular formula is C10H9N3O. The van der Waals surface area contributed by atoms with Crippen molar-refractivity contribution in [2.24, 2.45) is 0 Å². The van der Waals surface area contributed by atoms with Gasteiger partial charge in [-0.2, -0.15) is 0 Å². The number of hydrogen-bond acceptors (Lipinski definition) is 3. The molecule has 2 aromatic rings. The lowest BCUT2D eigenvalue weighted by Crippen LogP contribution is -1.85. The summed E-state index contributed by atoms with van der Waals surface area (Å²) in [4.78, 5) is 17.4. The summed E-state index contributed by atoms with van der Waals surface area (Å²) in [6.07, 6.45) is 2.36. The number of benzene rings is 1. The lowest BCUT2D eigenvalue weighted by molar-refractivity contribution is 0.112. The molecule has 4 heteroatoms.